The van der Waals surface area contributed by atoms with Crippen molar-refractivity contribution in [2.24, 2.45) is 0 Å². The first-order valence-electron chi connectivity index (χ1n) is 6.08. The maximum absolute atomic E-state index is 10.5. The Morgan fingerprint density at radius 2 is 2.16 bits per heavy atom. The van der Waals surface area contributed by atoms with Crippen molar-refractivity contribution in [2.75, 3.05) is 5.32 Å². The normalized spacial score (nSPS) is 12.1. The van der Waals surface area contributed by atoms with E-state index in [1.165, 1.54) is 0 Å². The number of anilines is 1. The lowest BCUT2D eigenvalue weighted by molar-refractivity contribution is -0.137. The number of benzene rings is 1. The maximum Gasteiger partial charge on any atom is 0.303 e. The smallest absolute Gasteiger partial charge is 0.303 e. The summed E-state index contributed by atoms with van der Waals surface area (Å²) in [6, 6.07) is 7.91. The van der Waals surface area contributed by atoms with Crippen LogP contribution < -0.4 is 5.32 Å². The summed E-state index contributed by atoms with van der Waals surface area (Å²) < 4.78 is 1.81. The Kier molecular flexibility index (Phi) is 4.12. The van der Waals surface area contributed by atoms with Gasteiger partial charge in [-0.2, -0.15) is 0 Å². The van der Waals surface area contributed by atoms with Crippen LogP contribution in [0.2, 0.25) is 0 Å². The molecule has 6 heteroatoms. The van der Waals surface area contributed by atoms with E-state index in [2.05, 4.69) is 15.5 Å². The first-order chi connectivity index (χ1) is 9.15. The van der Waals surface area contributed by atoms with Crippen LogP contribution in [0.1, 0.15) is 19.8 Å². The van der Waals surface area contributed by atoms with Crippen LogP contribution in [0, 0.1) is 0 Å². The summed E-state index contributed by atoms with van der Waals surface area (Å²) in [5.74, 6) is -0.771. The summed E-state index contributed by atoms with van der Waals surface area (Å²) in [6.07, 6.45) is 4.02. The molecule has 19 heavy (non-hydrogen) atoms. The molecule has 0 aliphatic rings. The third-order valence-corrected chi connectivity index (χ3v) is 2.77. The van der Waals surface area contributed by atoms with Crippen LogP contribution in [0.3, 0.4) is 0 Å². The van der Waals surface area contributed by atoms with Crippen molar-refractivity contribution in [2.45, 2.75) is 25.8 Å². The van der Waals surface area contributed by atoms with Crippen LogP contribution in [0.15, 0.2) is 36.9 Å². The first kappa shape index (κ1) is 13.1. The topological polar surface area (TPSA) is 80.0 Å². The van der Waals surface area contributed by atoms with Gasteiger partial charge in [0, 0.05) is 18.2 Å². The monoisotopic (exact) mass is 260 g/mol. The van der Waals surface area contributed by atoms with Gasteiger partial charge in [0.25, 0.3) is 0 Å². The molecule has 1 atom stereocenters. The van der Waals surface area contributed by atoms with Gasteiger partial charge < -0.3 is 10.4 Å². The Morgan fingerprint density at radius 1 is 1.42 bits per heavy atom. The number of aromatic nitrogens is 3. The molecule has 0 fully saturated rings. The average Bonchev–Trinajstić information content (AvgIpc) is 2.90. The predicted octanol–water partition coefficient (Wildman–Crippen LogP) is 1.93. The minimum absolute atomic E-state index is 0.104. The molecule has 100 valence electrons. The molecule has 1 unspecified atom stereocenters. The standard InChI is InChI=1S/C13H16N4O2/c1-10(5-6-13(18)19)16-11-3-2-4-12(7-11)17-8-14-15-9-17/h2-4,7-10,16H,5-6H2,1H3,(H,18,19). The molecule has 0 aliphatic heterocycles. The molecular weight excluding hydrogens is 244 g/mol. The first-order valence-corrected chi connectivity index (χ1v) is 6.08. The van der Waals surface area contributed by atoms with E-state index in [0.717, 1.165) is 11.4 Å². The van der Waals surface area contributed by atoms with Gasteiger partial charge in [0.15, 0.2) is 0 Å². The molecule has 0 spiro atoms. The number of hydrogen-bond donors (Lipinski definition) is 2. The van der Waals surface area contributed by atoms with Gasteiger partial charge in [-0.15, -0.1) is 10.2 Å². The summed E-state index contributed by atoms with van der Waals surface area (Å²) in [7, 11) is 0. The van der Waals surface area contributed by atoms with Crippen LogP contribution in [0.25, 0.3) is 5.69 Å². The molecule has 0 saturated carbocycles. The van der Waals surface area contributed by atoms with Crippen molar-refractivity contribution >= 4 is 11.7 Å². The number of nitrogens with one attached hydrogen (secondary N) is 1. The van der Waals surface area contributed by atoms with Crippen molar-refractivity contribution in [3.8, 4) is 5.69 Å². The number of carbonyl (C=O) groups is 1. The van der Waals surface area contributed by atoms with Crippen LogP contribution in [-0.2, 0) is 4.79 Å². The Morgan fingerprint density at radius 3 is 2.84 bits per heavy atom. The van der Waals surface area contributed by atoms with E-state index >= 15 is 0 Å². The summed E-state index contributed by atoms with van der Waals surface area (Å²) >= 11 is 0. The molecule has 6 nitrogen and oxygen atoms in total. The van der Waals surface area contributed by atoms with Gasteiger partial charge in [-0.3, -0.25) is 9.36 Å². The molecule has 2 rings (SSSR count). The Balaban J connectivity index is 2.01. The predicted molar refractivity (Wildman–Crippen MR) is 71.3 cm³/mol. The lowest BCUT2D eigenvalue weighted by atomic mass is 10.1. The summed E-state index contributed by atoms with van der Waals surface area (Å²) in [6.45, 7) is 1.97. The molecule has 2 aromatic rings. The van der Waals surface area contributed by atoms with Crippen molar-refractivity contribution < 1.29 is 9.90 Å². The van der Waals surface area contributed by atoms with Crippen LogP contribution in [0.4, 0.5) is 5.69 Å². The van der Waals surface area contributed by atoms with Gasteiger partial charge in [-0.05, 0) is 31.5 Å². The highest BCUT2D eigenvalue weighted by Gasteiger charge is 2.06. The molecule has 0 radical (unpaired) electrons. The fraction of sp³-hybridized carbons (Fsp3) is 0.308. The zero-order valence-electron chi connectivity index (χ0n) is 10.7. The minimum atomic E-state index is -0.771. The highest BCUT2D eigenvalue weighted by atomic mass is 16.4. The van der Waals surface area contributed by atoms with E-state index in [9.17, 15) is 4.79 Å². The van der Waals surface area contributed by atoms with Gasteiger partial charge in [0.1, 0.15) is 12.7 Å². The second-order valence-electron chi connectivity index (χ2n) is 4.40. The number of aliphatic carboxylic acids is 1. The molecule has 0 amide bonds. The average molecular weight is 260 g/mol. The van der Waals surface area contributed by atoms with E-state index in [-0.39, 0.29) is 12.5 Å². The number of carboxylic acids is 1. The Bertz CT molecular complexity index is 539. The number of nitrogens with zero attached hydrogens (tertiary/aromatic N) is 3. The largest absolute Gasteiger partial charge is 0.481 e. The van der Waals surface area contributed by atoms with Crippen LogP contribution in [0.5, 0.6) is 0 Å². The van der Waals surface area contributed by atoms with Crippen molar-refractivity contribution in [1.29, 1.82) is 0 Å². The van der Waals surface area contributed by atoms with Crippen LogP contribution >= 0.6 is 0 Å². The fourth-order valence-electron chi connectivity index (χ4n) is 1.79. The van der Waals surface area contributed by atoms with Gasteiger partial charge in [-0.1, -0.05) is 6.07 Å². The van der Waals surface area contributed by atoms with E-state index in [1.54, 1.807) is 12.7 Å². The lowest BCUT2D eigenvalue weighted by Gasteiger charge is -2.15. The number of carboxylic acid groups (broad SMARTS) is 1. The third-order valence-electron chi connectivity index (χ3n) is 2.77. The zero-order chi connectivity index (χ0) is 13.7. The molecule has 1 aromatic heterocycles. The van der Waals surface area contributed by atoms with E-state index in [4.69, 9.17) is 5.11 Å². The van der Waals surface area contributed by atoms with Crippen LogP contribution in [-0.4, -0.2) is 31.9 Å². The van der Waals surface area contributed by atoms with E-state index < -0.39 is 5.97 Å². The van der Waals surface area contributed by atoms with Gasteiger partial charge in [0.05, 0.1) is 5.69 Å². The Hall–Kier alpha value is -2.37. The van der Waals surface area contributed by atoms with Gasteiger partial charge >= 0.3 is 5.97 Å². The molecule has 1 heterocycles. The molecule has 1 aromatic carbocycles. The van der Waals surface area contributed by atoms with Crippen molar-refractivity contribution in [3.63, 3.8) is 0 Å². The SMILES string of the molecule is CC(CCC(=O)O)Nc1cccc(-n2cnnc2)c1. The highest BCUT2D eigenvalue weighted by Crippen LogP contribution is 2.16. The van der Waals surface area contributed by atoms with Gasteiger partial charge in [-0.25, -0.2) is 0 Å². The van der Waals surface area contributed by atoms with Gasteiger partial charge in [0.2, 0.25) is 0 Å². The second kappa shape index (κ2) is 5.99. The van der Waals surface area contributed by atoms with Crippen molar-refractivity contribution in [3.05, 3.63) is 36.9 Å². The second-order valence-corrected chi connectivity index (χ2v) is 4.40. The molecule has 0 aliphatic carbocycles. The molecular formula is C13H16N4O2. The lowest BCUT2D eigenvalue weighted by Crippen LogP contribution is -2.16. The van der Waals surface area contributed by atoms with E-state index in [0.29, 0.717) is 6.42 Å². The summed E-state index contributed by atoms with van der Waals surface area (Å²) in [5.41, 5.74) is 1.91. The maximum atomic E-state index is 10.5. The quantitative estimate of drug-likeness (QED) is 0.829. The zero-order valence-corrected chi connectivity index (χ0v) is 10.7. The number of hydrogen-bond acceptors (Lipinski definition) is 4. The highest BCUT2D eigenvalue weighted by molar-refractivity contribution is 5.66. The summed E-state index contributed by atoms with van der Waals surface area (Å²) in [4.78, 5) is 10.5. The molecule has 0 saturated heterocycles. The third kappa shape index (κ3) is 3.80. The fourth-order valence-corrected chi connectivity index (χ4v) is 1.79. The Labute approximate surface area is 111 Å². The van der Waals surface area contributed by atoms with E-state index in [1.807, 2.05) is 35.8 Å². The molecule has 2 N–H and O–H groups in total. The number of rotatable bonds is 6. The molecule has 0 bridgehead atoms. The minimum Gasteiger partial charge on any atom is -0.481 e. The van der Waals surface area contributed by atoms with Crippen molar-refractivity contribution in [1.82, 2.24) is 14.8 Å². The summed E-state index contributed by atoms with van der Waals surface area (Å²) in [5, 5.41) is 19.5.